The Morgan fingerprint density at radius 1 is 1.38 bits per heavy atom. The SMILES string of the molecule is Cc1nn(-c2ccccc2)c(C)c1/C=C/C(=O)OCC1CCCO1. The monoisotopic (exact) mass is 326 g/mol. The molecule has 0 spiro atoms. The van der Waals surface area contributed by atoms with E-state index in [1.54, 1.807) is 6.08 Å². The van der Waals surface area contributed by atoms with Gasteiger partial charge in [-0.05, 0) is 44.9 Å². The Hall–Kier alpha value is -2.40. The summed E-state index contributed by atoms with van der Waals surface area (Å²) >= 11 is 0. The second kappa shape index (κ2) is 7.45. The topological polar surface area (TPSA) is 53.4 Å². The van der Waals surface area contributed by atoms with Gasteiger partial charge in [0.15, 0.2) is 0 Å². The third-order valence-electron chi connectivity index (χ3n) is 4.17. The second-order valence-electron chi connectivity index (χ2n) is 5.93. The molecule has 0 amide bonds. The average molecular weight is 326 g/mol. The quantitative estimate of drug-likeness (QED) is 0.625. The van der Waals surface area contributed by atoms with Crippen LogP contribution in [0.5, 0.6) is 0 Å². The van der Waals surface area contributed by atoms with Gasteiger partial charge in [0.2, 0.25) is 0 Å². The smallest absolute Gasteiger partial charge is 0.330 e. The lowest BCUT2D eigenvalue weighted by atomic mass is 10.2. The summed E-state index contributed by atoms with van der Waals surface area (Å²) < 4.78 is 12.6. The minimum absolute atomic E-state index is 0.0478. The van der Waals surface area contributed by atoms with Crippen LogP contribution >= 0.6 is 0 Å². The van der Waals surface area contributed by atoms with E-state index in [1.165, 1.54) is 6.08 Å². The number of esters is 1. The lowest BCUT2D eigenvalue weighted by Crippen LogP contribution is -2.16. The highest BCUT2D eigenvalue weighted by Crippen LogP contribution is 2.19. The molecule has 1 unspecified atom stereocenters. The zero-order chi connectivity index (χ0) is 16.9. The van der Waals surface area contributed by atoms with Gasteiger partial charge in [-0.25, -0.2) is 9.48 Å². The maximum atomic E-state index is 11.9. The molecule has 1 aliphatic rings. The summed E-state index contributed by atoms with van der Waals surface area (Å²) in [4.78, 5) is 11.9. The van der Waals surface area contributed by atoms with E-state index in [1.807, 2.05) is 48.9 Å². The molecule has 3 rings (SSSR count). The third kappa shape index (κ3) is 3.74. The van der Waals surface area contributed by atoms with E-state index in [0.717, 1.165) is 42.1 Å². The van der Waals surface area contributed by atoms with E-state index in [-0.39, 0.29) is 12.1 Å². The van der Waals surface area contributed by atoms with Gasteiger partial charge < -0.3 is 9.47 Å². The van der Waals surface area contributed by atoms with Gasteiger partial charge in [-0.1, -0.05) is 18.2 Å². The van der Waals surface area contributed by atoms with Crippen molar-refractivity contribution in [2.75, 3.05) is 13.2 Å². The van der Waals surface area contributed by atoms with Crippen LogP contribution in [0.1, 0.15) is 29.8 Å². The number of ether oxygens (including phenoxy) is 2. The molecule has 1 fully saturated rings. The first-order valence-corrected chi connectivity index (χ1v) is 8.23. The van der Waals surface area contributed by atoms with Crippen LogP contribution in [0.3, 0.4) is 0 Å². The molecule has 0 saturated carbocycles. The van der Waals surface area contributed by atoms with Gasteiger partial charge >= 0.3 is 5.97 Å². The van der Waals surface area contributed by atoms with Gasteiger partial charge in [0, 0.05) is 23.9 Å². The molecule has 5 heteroatoms. The molecule has 0 bridgehead atoms. The van der Waals surface area contributed by atoms with E-state index in [4.69, 9.17) is 9.47 Å². The molecule has 0 radical (unpaired) electrons. The zero-order valence-electron chi connectivity index (χ0n) is 14.1. The number of benzene rings is 1. The maximum Gasteiger partial charge on any atom is 0.330 e. The molecule has 1 aliphatic heterocycles. The zero-order valence-corrected chi connectivity index (χ0v) is 14.1. The summed E-state index contributed by atoms with van der Waals surface area (Å²) in [5.74, 6) is -0.350. The van der Waals surface area contributed by atoms with Crippen molar-refractivity contribution in [3.05, 3.63) is 53.4 Å². The molecule has 0 N–H and O–H groups in total. The Labute approximate surface area is 141 Å². The maximum absolute atomic E-state index is 11.9. The number of carbonyl (C=O) groups excluding carboxylic acids is 1. The van der Waals surface area contributed by atoms with Gasteiger partial charge in [0.05, 0.1) is 17.5 Å². The van der Waals surface area contributed by atoms with Crippen LogP contribution in [0.15, 0.2) is 36.4 Å². The van der Waals surface area contributed by atoms with Gasteiger partial charge in [-0.3, -0.25) is 0 Å². The number of carbonyl (C=O) groups is 1. The van der Waals surface area contributed by atoms with Gasteiger partial charge in [-0.15, -0.1) is 0 Å². The van der Waals surface area contributed by atoms with Gasteiger partial charge in [0.1, 0.15) is 6.61 Å². The molecule has 24 heavy (non-hydrogen) atoms. The Morgan fingerprint density at radius 2 is 2.17 bits per heavy atom. The van der Waals surface area contributed by atoms with Crippen LogP contribution < -0.4 is 0 Å². The predicted octanol–water partition coefficient (Wildman–Crippen LogP) is 3.22. The molecule has 1 aromatic heterocycles. The van der Waals surface area contributed by atoms with Crippen LogP contribution in [0.4, 0.5) is 0 Å². The Bertz CT molecular complexity index is 729. The summed E-state index contributed by atoms with van der Waals surface area (Å²) in [5.41, 5.74) is 3.80. The third-order valence-corrected chi connectivity index (χ3v) is 4.17. The minimum atomic E-state index is -0.350. The molecule has 1 saturated heterocycles. The lowest BCUT2D eigenvalue weighted by molar-refractivity contribution is -0.140. The standard InChI is InChI=1S/C19H22N2O3/c1-14-18(10-11-19(22)24-13-17-9-6-12-23-17)15(2)21(20-14)16-7-4-3-5-8-16/h3-5,7-8,10-11,17H,6,9,12-13H2,1-2H3/b11-10+. The first-order chi connectivity index (χ1) is 11.6. The number of hydrogen-bond donors (Lipinski definition) is 0. The fraction of sp³-hybridized carbons (Fsp3) is 0.368. The molecular weight excluding hydrogens is 304 g/mol. The van der Waals surface area contributed by atoms with E-state index < -0.39 is 0 Å². The normalized spacial score (nSPS) is 17.5. The molecule has 2 heterocycles. The molecule has 1 atom stereocenters. The summed E-state index contributed by atoms with van der Waals surface area (Å²) in [6.07, 6.45) is 5.27. The van der Waals surface area contributed by atoms with Crippen molar-refractivity contribution in [1.29, 1.82) is 0 Å². The van der Waals surface area contributed by atoms with Crippen molar-refractivity contribution in [3.8, 4) is 5.69 Å². The highest BCUT2D eigenvalue weighted by atomic mass is 16.6. The molecule has 0 aliphatic carbocycles. The van der Waals surface area contributed by atoms with Crippen molar-refractivity contribution in [1.82, 2.24) is 9.78 Å². The molecule has 1 aromatic carbocycles. The van der Waals surface area contributed by atoms with Crippen LogP contribution in [-0.4, -0.2) is 35.1 Å². The summed E-state index contributed by atoms with van der Waals surface area (Å²) in [7, 11) is 0. The molecule has 2 aromatic rings. The fourth-order valence-corrected chi connectivity index (χ4v) is 2.87. The number of rotatable bonds is 5. The first-order valence-electron chi connectivity index (χ1n) is 8.23. The fourth-order valence-electron chi connectivity index (χ4n) is 2.87. The Balaban J connectivity index is 1.68. The van der Waals surface area contributed by atoms with Crippen molar-refractivity contribution in [2.45, 2.75) is 32.8 Å². The van der Waals surface area contributed by atoms with Gasteiger partial charge in [0.25, 0.3) is 0 Å². The second-order valence-corrected chi connectivity index (χ2v) is 5.93. The highest BCUT2D eigenvalue weighted by Gasteiger charge is 2.17. The Morgan fingerprint density at radius 3 is 2.88 bits per heavy atom. The van der Waals surface area contributed by atoms with Crippen LogP contribution in [0.2, 0.25) is 0 Å². The van der Waals surface area contributed by atoms with E-state index in [2.05, 4.69) is 5.10 Å². The van der Waals surface area contributed by atoms with Crippen molar-refractivity contribution in [3.63, 3.8) is 0 Å². The first kappa shape index (κ1) is 16.5. The van der Waals surface area contributed by atoms with E-state index >= 15 is 0 Å². The number of aromatic nitrogens is 2. The highest BCUT2D eigenvalue weighted by molar-refractivity contribution is 5.87. The lowest BCUT2D eigenvalue weighted by Gasteiger charge is -2.08. The number of para-hydroxylation sites is 1. The van der Waals surface area contributed by atoms with Crippen molar-refractivity contribution in [2.24, 2.45) is 0 Å². The minimum Gasteiger partial charge on any atom is -0.460 e. The van der Waals surface area contributed by atoms with Crippen molar-refractivity contribution >= 4 is 12.0 Å². The van der Waals surface area contributed by atoms with E-state index in [9.17, 15) is 4.79 Å². The molecule has 5 nitrogen and oxygen atoms in total. The van der Waals surface area contributed by atoms with E-state index in [0.29, 0.717) is 6.61 Å². The number of hydrogen-bond acceptors (Lipinski definition) is 4. The predicted molar refractivity (Wildman–Crippen MR) is 92.0 cm³/mol. The van der Waals surface area contributed by atoms with Crippen LogP contribution in [0, 0.1) is 13.8 Å². The number of aryl methyl sites for hydroxylation is 1. The molecule has 126 valence electrons. The van der Waals surface area contributed by atoms with Crippen LogP contribution in [-0.2, 0) is 14.3 Å². The Kier molecular flexibility index (Phi) is 5.11. The molecular formula is C19H22N2O3. The van der Waals surface area contributed by atoms with Gasteiger partial charge in [-0.2, -0.15) is 5.10 Å². The summed E-state index contributed by atoms with van der Waals surface area (Å²) in [6, 6.07) is 9.93. The van der Waals surface area contributed by atoms with Crippen LogP contribution in [0.25, 0.3) is 11.8 Å². The largest absolute Gasteiger partial charge is 0.460 e. The van der Waals surface area contributed by atoms with Crippen molar-refractivity contribution < 1.29 is 14.3 Å². The summed E-state index contributed by atoms with van der Waals surface area (Å²) in [6.45, 7) is 5.01. The summed E-state index contributed by atoms with van der Waals surface area (Å²) in [5, 5.41) is 4.56. The number of nitrogens with zero attached hydrogens (tertiary/aromatic N) is 2. The average Bonchev–Trinajstić information content (AvgIpc) is 3.21.